The van der Waals surface area contributed by atoms with Crippen molar-refractivity contribution < 1.29 is 14.3 Å². The fraction of sp³-hybridized carbons (Fsp3) is 0.368. The first kappa shape index (κ1) is 17.8. The molecule has 136 valence electrons. The molecule has 0 radical (unpaired) electrons. The first-order chi connectivity index (χ1) is 12.6. The van der Waals surface area contributed by atoms with Crippen molar-refractivity contribution in [1.29, 1.82) is 0 Å². The van der Waals surface area contributed by atoms with Crippen molar-refractivity contribution in [3.05, 3.63) is 42.9 Å². The molecule has 3 rings (SSSR count). The first-order valence-corrected chi connectivity index (χ1v) is 8.74. The lowest BCUT2D eigenvalue weighted by Crippen LogP contribution is -2.47. The topological polar surface area (TPSA) is 93.2 Å². The minimum atomic E-state index is -0.495. The largest absolute Gasteiger partial charge is 0.438 e. The molecular weight excluding hydrogens is 332 g/mol. The second kappa shape index (κ2) is 8.42. The van der Waals surface area contributed by atoms with Crippen LogP contribution in [0.2, 0.25) is 0 Å². The number of carbonyl (C=O) groups excluding carboxylic acids is 2. The van der Waals surface area contributed by atoms with Gasteiger partial charge in [-0.25, -0.2) is 4.98 Å². The number of ether oxygens (including phenoxy) is 1. The summed E-state index contributed by atoms with van der Waals surface area (Å²) >= 11 is 0. The summed E-state index contributed by atoms with van der Waals surface area (Å²) in [6, 6.07) is 6.50. The van der Waals surface area contributed by atoms with Crippen LogP contribution >= 0.6 is 0 Å². The molecule has 1 atom stereocenters. The van der Waals surface area contributed by atoms with Gasteiger partial charge in [0.05, 0.1) is 6.20 Å². The minimum Gasteiger partial charge on any atom is -0.438 e. The van der Waals surface area contributed by atoms with Crippen molar-refractivity contribution in [2.75, 3.05) is 5.32 Å². The van der Waals surface area contributed by atoms with Gasteiger partial charge in [0.15, 0.2) is 0 Å². The maximum atomic E-state index is 12.6. The van der Waals surface area contributed by atoms with E-state index < -0.39 is 6.04 Å². The van der Waals surface area contributed by atoms with Crippen molar-refractivity contribution in [2.24, 2.45) is 5.92 Å². The van der Waals surface area contributed by atoms with Gasteiger partial charge >= 0.3 is 0 Å². The van der Waals surface area contributed by atoms with Gasteiger partial charge in [0.1, 0.15) is 11.8 Å². The monoisotopic (exact) mass is 354 g/mol. The number of hydrogen-bond donors (Lipinski definition) is 2. The molecule has 1 heterocycles. The van der Waals surface area contributed by atoms with Crippen molar-refractivity contribution >= 4 is 17.5 Å². The Kier molecular flexibility index (Phi) is 5.78. The molecule has 0 spiro atoms. The normalized spacial score (nSPS) is 15.3. The molecule has 1 aromatic heterocycles. The standard InChI is InChI=1S/C19H22N4O3/c1-13(24)22-18(14-4-2-3-5-14)19(25)23-15-6-8-16(9-7-15)26-17-12-20-10-11-21-17/h6-12,14,18H,2-5H2,1H3,(H,22,24)(H,23,25)/t18-/m0/s1. The molecule has 7 nitrogen and oxygen atoms in total. The van der Waals surface area contributed by atoms with E-state index in [1.54, 1.807) is 36.7 Å². The van der Waals surface area contributed by atoms with Crippen LogP contribution in [0.25, 0.3) is 0 Å². The number of rotatable bonds is 6. The number of nitrogens with one attached hydrogen (secondary N) is 2. The summed E-state index contributed by atoms with van der Waals surface area (Å²) in [7, 11) is 0. The molecule has 1 aliphatic carbocycles. The Morgan fingerprint density at radius 1 is 1.15 bits per heavy atom. The highest BCUT2D eigenvalue weighted by atomic mass is 16.5. The number of aromatic nitrogens is 2. The molecule has 0 bridgehead atoms. The zero-order valence-corrected chi connectivity index (χ0v) is 14.6. The summed E-state index contributed by atoms with van der Waals surface area (Å²) in [5.41, 5.74) is 0.648. The quantitative estimate of drug-likeness (QED) is 0.832. The van der Waals surface area contributed by atoms with Crippen LogP contribution in [0.4, 0.5) is 5.69 Å². The molecule has 7 heteroatoms. The van der Waals surface area contributed by atoms with Crippen LogP contribution < -0.4 is 15.4 Å². The van der Waals surface area contributed by atoms with Gasteiger partial charge in [0.25, 0.3) is 0 Å². The molecule has 0 aliphatic heterocycles. The second-order valence-electron chi connectivity index (χ2n) is 6.38. The average molecular weight is 354 g/mol. The van der Waals surface area contributed by atoms with Crippen molar-refractivity contribution in [3.63, 3.8) is 0 Å². The van der Waals surface area contributed by atoms with Crippen LogP contribution in [-0.2, 0) is 9.59 Å². The van der Waals surface area contributed by atoms with E-state index >= 15 is 0 Å². The number of carbonyl (C=O) groups is 2. The third-order valence-corrected chi connectivity index (χ3v) is 4.40. The van der Waals surface area contributed by atoms with Gasteiger partial charge in [-0.2, -0.15) is 0 Å². The van der Waals surface area contributed by atoms with E-state index in [1.165, 1.54) is 13.1 Å². The Labute approximate surface area is 152 Å². The number of anilines is 1. The van der Waals surface area contributed by atoms with Gasteiger partial charge in [-0.3, -0.25) is 14.6 Å². The van der Waals surface area contributed by atoms with Gasteiger partial charge in [-0.1, -0.05) is 12.8 Å². The molecule has 0 unspecified atom stereocenters. The smallest absolute Gasteiger partial charge is 0.247 e. The molecule has 26 heavy (non-hydrogen) atoms. The minimum absolute atomic E-state index is 0.185. The van der Waals surface area contributed by atoms with Crippen LogP contribution in [0, 0.1) is 5.92 Å². The van der Waals surface area contributed by atoms with E-state index in [4.69, 9.17) is 4.74 Å². The Bertz CT molecular complexity index is 743. The SMILES string of the molecule is CC(=O)N[C@H](C(=O)Nc1ccc(Oc2cnccn2)cc1)C1CCCC1. The van der Waals surface area contributed by atoms with Crippen LogP contribution in [-0.4, -0.2) is 27.8 Å². The van der Waals surface area contributed by atoms with Crippen molar-refractivity contribution in [2.45, 2.75) is 38.6 Å². The van der Waals surface area contributed by atoms with E-state index in [2.05, 4.69) is 20.6 Å². The van der Waals surface area contributed by atoms with E-state index in [1.807, 2.05) is 0 Å². The fourth-order valence-electron chi connectivity index (χ4n) is 3.19. The van der Waals surface area contributed by atoms with Crippen LogP contribution in [0.1, 0.15) is 32.6 Å². The Morgan fingerprint density at radius 2 is 1.88 bits per heavy atom. The average Bonchev–Trinajstić information content (AvgIpc) is 3.16. The van der Waals surface area contributed by atoms with Gasteiger partial charge in [-0.05, 0) is 43.0 Å². The molecule has 2 aromatic rings. The number of hydrogen-bond acceptors (Lipinski definition) is 5. The highest BCUT2D eigenvalue weighted by Crippen LogP contribution is 2.28. The number of benzene rings is 1. The number of nitrogens with zero attached hydrogens (tertiary/aromatic N) is 2. The van der Waals surface area contributed by atoms with E-state index in [0.29, 0.717) is 17.3 Å². The van der Waals surface area contributed by atoms with Crippen molar-refractivity contribution in [3.8, 4) is 11.6 Å². The van der Waals surface area contributed by atoms with E-state index in [0.717, 1.165) is 25.7 Å². The Hall–Kier alpha value is -2.96. The molecule has 1 fully saturated rings. The predicted octanol–water partition coefficient (Wildman–Crippen LogP) is 2.90. The van der Waals surface area contributed by atoms with Gasteiger partial charge < -0.3 is 15.4 Å². The molecule has 2 N–H and O–H groups in total. The number of amides is 2. The molecule has 1 aromatic carbocycles. The maximum Gasteiger partial charge on any atom is 0.247 e. The Morgan fingerprint density at radius 3 is 2.50 bits per heavy atom. The van der Waals surface area contributed by atoms with Gasteiger partial charge in [-0.15, -0.1) is 0 Å². The first-order valence-electron chi connectivity index (χ1n) is 8.74. The summed E-state index contributed by atoms with van der Waals surface area (Å²) < 4.78 is 5.58. The zero-order valence-electron chi connectivity index (χ0n) is 14.6. The Balaban J connectivity index is 1.63. The maximum absolute atomic E-state index is 12.6. The van der Waals surface area contributed by atoms with Crippen LogP contribution in [0.3, 0.4) is 0 Å². The summed E-state index contributed by atoms with van der Waals surface area (Å²) in [5.74, 6) is 0.812. The third kappa shape index (κ3) is 4.78. The van der Waals surface area contributed by atoms with Gasteiger partial charge in [0.2, 0.25) is 17.7 Å². The fourth-order valence-corrected chi connectivity index (χ4v) is 3.19. The highest BCUT2D eigenvalue weighted by molar-refractivity contribution is 5.97. The molecule has 0 saturated heterocycles. The lowest BCUT2D eigenvalue weighted by Gasteiger charge is -2.23. The second-order valence-corrected chi connectivity index (χ2v) is 6.38. The van der Waals surface area contributed by atoms with Crippen LogP contribution in [0.5, 0.6) is 11.6 Å². The summed E-state index contributed by atoms with van der Waals surface area (Å²) in [5, 5.41) is 5.67. The van der Waals surface area contributed by atoms with Gasteiger partial charge in [0, 0.05) is 25.0 Å². The third-order valence-electron chi connectivity index (χ3n) is 4.40. The lowest BCUT2D eigenvalue weighted by atomic mass is 9.97. The lowest BCUT2D eigenvalue weighted by molar-refractivity contribution is -0.126. The highest BCUT2D eigenvalue weighted by Gasteiger charge is 2.31. The molecule has 2 amide bonds. The molecule has 1 aliphatic rings. The van der Waals surface area contributed by atoms with Crippen LogP contribution in [0.15, 0.2) is 42.9 Å². The van der Waals surface area contributed by atoms with Crippen molar-refractivity contribution in [1.82, 2.24) is 15.3 Å². The summed E-state index contributed by atoms with van der Waals surface area (Å²) in [4.78, 5) is 32.1. The predicted molar refractivity (Wildman–Crippen MR) is 96.7 cm³/mol. The molecule has 1 saturated carbocycles. The summed E-state index contributed by atoms with van der Waals surface area (Å²) in [6.45, 7) is 1.44. The zero-order chi connectivity index (χ0) is 18.4. The van der Waals surface area contributed by atoms with E-state index in [9.17, 15) is 9.59 Å². The van der Waals surface area contributed by atoms with E-state index in [-0.39, 0.29) is 17.7 Å². The molecular formula is C19H22N4O3. The summed E-state index contributed by atoms with van der Waals surface area (Å²) in [6.07, 6.45) is 8.77.